The van der Waals surface area contributed by atoms with Crippen molar-refractivity contribution in [2.24, 2.45) is 5.73 Å². The Labute approximate surface area is 172 Å². The summed E-state index contributed by atoms with van der Waals surface area (Å²) in [5.41, 5.74) is 7.47. The van der Waals surface area contributed by atoms with Crippen molar-refractivity contribution in [3.8, 4) is 0 Å². The summed E-state index contributed by atoms with van der Waals surface area (Å²) >= 11 is 7.78. The summed E-state index contributed by atoms with van der Waals surface area (Å²) in [4.78, 5) is 31.6. The van der Waals surface area contributed by atoms with Gasteiger partial charge in [0.15, 0.2) is 0 Å². The van der Waals surface area contributed by atoms with Crippen LogP contribution >= 0.6 is 22.9 Å². The Hall–Kier alpha value is -2.18. The first-order chi connectivity index (χ1) is 13.5. The molecule has 0 unspecified atom stereocenters. The lowest BCUT2D eigenvalue weighted by Crippen LogP contribution is -2.26. The van der Waals surface area contributed by atoms with E-state index in [4.69, 9.17) is 22.3 Å². The highest BCUT2D eigenvalue weighted by Crippen LogP contribution is 2.34. The number of hydrogen-bond donors (Lipinski definition) is 1. The summed E-state index contributed by atoms with van der Waals surface area (Å²) in [5.74, 6) is 0.356. The lowest BCUT2D eigenvalue weighted by atomic mass is 9.97. The third kappa shape index (κ3) is 3.84. The molecule has 2 heterocycles. The van der Waals surface area contributed by atoms with Crippen molar-refractivity contribution in [2.75, 3.05) is 0 Å². The smallest absolute Gasteiger partial charge is 0.262 e. The van der Waals surface area contributed by atoms with Gasteiger partial charge in [0.2, 0.25) is 5.91 Å². The fraction of sp³-hybridized carbons (Fsp3) is 0.381. The van der Waals surface area contributed by atoms with Gasteiger partial charge in [0.25, 0.3) is 5.56 Å². The minimum atomic E-state index is -0.355. The zero-order chi connectivity index (χ0) is 19.7. The molecule has 0 atom stereocenters. The zero-order valence-corrected chi connectivity index (χ0v) is 17.1. The minimum absolute atomic E-state index is 0.00546. The van der Waals surface area contributed by atoms with Gasteiger partial charge in [-0.2, -0.15) is 0 Å². The predicted molar refractivity (Wildman–Crippen MR) is 113 cm³/mol. The number of carbonyl (C=O) groups is 1. The van der Waals surface area contributed by atoms with E-state index in [1.165, 1.54) is 16.9 Å². The lowest BCUT2D eigenvalue weighted by molar-refractivity contribution is -0.118. The van der Waals surface area contributed by atoms with Gasteiger partial charge in [-0.25, -0.2) is 4.98 Å². The quantitative estimate of drug-likeness (QED) is 0.664. The number of nitrogens with two attached hydrogens (primary N) is 1. The van der Waals surface area contributed by atoms with E-state index in [9.17, 15) is 9.59 Å². The summed E-state index contributed by atoms with van der Waals surface area (Å²) in [5, 5.41) is 1.43. The van der Waals surface area contributed by atoms with E-state index in [2.05, 4.69) is 0 Å². The summed E-state index contributed by atoms with van der Waals surface area (Å²) < 4.78 is 1.73. The first kappa shape index (κ1) is 19.2. The van der Waals surface area contributed by atoms with Crippen LogP contribution in [0.15, 0.2) is 29.1 Å². The van der Waals surface area contributed by atoms with E-state index in [1.54, 1.807) is 15.9 Å². The summed E-state index contributed by atoms with van der Waals surface area (Å²) in [7, 11) is 0. The summed E-state index contributed by atoms with van der Waals surface area (Å²) in [6.45, 7) is 0.436. The van der Waals surface area contributed by atoms with Crippen molar-refractivity contribution < 1.29 is 4.79 Å². The number of amides is 1. The first-order valence-corrected chi connectivity index (χ1v) is 10.8. The van der Waals surface area contributed by atoms with Crippen molar-refractivity contribution in [3.63, 3.8) is 0 Å². The number of aromatic nitrogens is 2. The Morgan fingerprint density at radius 2 is 2.11 bits per heavy atom. The molecule has 7 heteroatoms. The number of halogens is 1. The van der Waals surface area contributed by atoms with Crippen LogP contribution in [0.4, 0.5) is 0 Å². The fourth-order valence-electron chi connectivity index (χ4n) is 3.89. The van der Waals surface area contributed by atoms with Crippen molar-refractivity contribution >= 4 is 39.1 Å². The lowest BCUT2D eigenvalue weighted by Gasteiger charge is -2.14. The summed E-state index contributed by atoms with van der Waals surface area (Å²) in [6.07, 6.45) is 5.56. The second kappa shape index (κ2) is 8.05. The molecule has 0 saturated carbocycles. The van der Waals surface area contributed by atoms with E-state index in [0.717, 1.165) is 35.0 Å². The molecule has 28 heavy (non-hydrogen) atoms. The van der Waals surface area contributed by atoms with Gasteiger partial charge in [-0.15, -0.1) is 11.3 Å². The third-order valence-corrected chi connectivity index (χ3v) is 6.63. The van der Waals surface area contributed by atoms with Gasteiger partial charge in [-0.1, -0.05) is 23.7 Å². The van der Waals surface area contributed by atoms with Crippen molar-refractivity contribution in [1.29, 1.82) is 0 Å². The standard InChI is InChI=1S/C21H22ClN3O2S/c22-14-6-3-5-13(11-14)12-18-24-20-19(15-7-1-2-8-16(15)28-20)21(27)25(18)10-4-9-17(23)26/h3,5-6,11H,1-2,4,7-10,12H2,(H2,23,26). The number of benzene rings is 1. The maximum atomic E-state index is 13.4. The molecular weight excluding hydrogens is 394 g/mol. The van der Waals surface area contributed by atoms with Crippen LogP contribution in [0.25, 0.3) is 10.2 Å². The fourth-order valence-corrected chi connectivity index (χ4v) is 5.37. The van der Waals surface area contributed by atoms with Crippen molar-refractivity contribution in [1.82, 2.24) is 9.55 Å². The Morgan fingerprint density at radius 3 is 2.89 bits per heavy atom. The van der Waals surface area contributed by atoms with Crippen LogP contribution in [0.1, 0.15) is 47.5 Å². The van der Waals surface area contributed by atoms with Crippen LogP contribution in [0.3, 0.4) is 0 Å². The van der Waals surface area contributed by atoms with Gasteiger partial charge in [-0.05, 0) is 55.4 Å². The number of hydrogen-bond acceptors (Lipinski definition) is 4. The second-order valence-electron chi connectivity index (χ2n) is 7.25. The van der Waals surface area contributed by atoms with Gasteiger partial charge < -0.3 is 5.73 Å². The van der Waals surface area contributed by atoms with Gasteiger partial charge in [0.1, 0.15) is 10.7 Å². The number of carbonyl (C=O) groups excluding carboxylic acids is 1. The molecule has 0 aliphatic heterocycles. The molecule has 0 radical (unpaired) electrons. The number of aryl methyl sites for hydroxylation is 2. The number of fused-ring (bicyclic) bond motifs is 3. The van der Waals surface area contributed by atoms with Crippen LogP contribution in [-0.2, 0) is 30.6 Å². The molecule has 146 valence electrons. The van der Waals surface area contributed by atoms with Crippen LogP contribution in [0.2, 0.25) is 5.02 Å². The van der Waals surface area contributed by atoms with Gasteiger partial charge in [0.05, 0.1) is 5.39 Å². The van der Waals surface area contributed by atoms with Gasteiger partial charge in [-0.3, -0.25) is 14.2 Å². The molecule has 1 aliphatic rings. The van der Waals surface area contributed by atoms with Gasteiger partial charge in [0, 0.05) is 29.3 Å². The topological polar surface area (TPSA) is 78.0 Å². The second-order valence-corrected chi connectivity index (χ2v) is 8.77. The molecule has 1 aliphatic carbocycles. The largest absolute Gasteiger partial charge is 0.370 e. The molecular formula is C21H22ClN3O2S. The normalized spacial score (nSPS) is 13.6. The molecule has 0 fully saturated rings. The van der Waals surface area contributed by atoms with Crippen LogP contribution in [-0.4, -0.2) is 15.5 Å². The highest BCUT2D eigenvalue weighted by atomic mass is 35.5. The molecule has 0 spiro atoms. The maximum absolute atomic E-state index is 13.4. The zero-order valence-electron chi connectivity index (χ0n) is 15.5. The average Bonchev–Trinajstić information content (AvgIpc) is 3.02. The predicted octanol–water partition coefficient (Wildman–Crippen LogP) is 3.85. The molecule has 1 aromatic carbocycles. The van der Waals surface area contributed by atoms with E-state index < -0.39 is 0 Å². The Bertz CT molecular complexity index is 1100. The molecule has 0 saturated heterocycles. The molecule has 2 aromatic heterocycles. The molecule has 0 bridgehead atoms. The van der Waals surface area contributed by atoms with Crippen LogP contribution < -0.4 is 11.3 Å². The Balaban J connectivity index is 1.81. The minimum Gasteiger partial charge on any atom is -0.370 e. The van der Waals surface area contributed by atoms with Crippen molar-refractivity contribution in [2.45, 2.75) is 51.5 Å². The number of thiophene rings is 1. The van der Waals surface area contributed by atoms with Gasteiger partial charge >= 0.3 is 0 Å². The SMILES string of the molecule is NC(=O)CCCn1c(Cc2cccc(Cl)c2)nc2sc3c(c2c1=O)CCCC3. The first-order valence-electron chi connectivity index (χ1n) is 9.59. The molecule has 1 amide bonds. The highest BCUT2D eigenvalue weighted by Gasteiger charge is 2.22. The van der Waals surface area contributed by atoms with E-state index in [1.807, 2.05) is 24.3 Å². The Morgan fingerprint density at radius 1 is 1.29 bits per heavy atom. The molecule has 4 rings (SSSR count). The number of primary amides is 1. The van der Waals surface area contributed by atoms with E-state index >= 15 is 0 Å². The molecule has 5 nitrogen and oxygen atoms in total. The summed E-state index contributed by atoms with van der Waals surface area (Å²) in [6, 6.07) is 7.60. The van der Waals surface area contributed by atoms with Crippen molar-refractivity contribution in [3.05, 3.63) is 61.5 Å². The maximum Gasteiger partial charge on any atom is 0.262 e. The van der Waals surface area contributed by atoms with Crippen LogP contribution in [0.5, 0.6) is 0 Å². The molecule has 2 N–H and O–H groups in total. The van der Waals surface area contributed by atoms with E-state index in [0.29, 0.717) is 30.2 Å². The van der Waals surface area contributed by atoms with E-state index in [-0.39, 0.29) is 17.9 Å². The Kier molecular flexibility index (Phi) is 5.51. The average molecular weight is 416 g/mol. The highest BCUT2D eigenvalue weighted by molar-refractivity contribution is 7.18. The number of rotatable bonds is 6. The molecule has 3 aromatic rings. The third-order valence-electron chi connectivity index (χ3n) is 5.21. The monoisotopic (exact) mass is 415 g/mol. The number of nitrogens with zero attached hydrogens (tertiary/aromatic N) is 2. The van der Waals surface area contributed by atoms with Crippen LogP contribution in [0, 0.1) is 0 Å².